The summed E-state index contributed by atoms with van der Waals surface area (Å²) in [6.45, 7) is -3.12. The number of ether oxygens (including phenoxy) is 2. The number of halogens is 4. The lowest BCUT2D eigenvalue weighted by Crippen LogP contribution is -2.11. The summed E-state index contributed by atoms with van der Waals surface area (Å²) in [6.07, 6.45) is -0.319. The number of rotatable bonds is 5. The number of methoxy groups -OCH3 is 1. The minimum Gasteiger partial charge on any atom is -0.469 e. The summed E-state index contributed by atoms with van der Waals surface area (Å²) >= 11 is 5.58. The van der Waals surface area contributed by atoms with E-state index in [0.29, 0.717) is 0 Å². The van der Waals surface area contributed by atoms with Gasteiger partial charge in [-0.3, -0.25) is 4.79 Å². The van der Waals surface area contributed by atoms with Crippen molar-refractivity contribution >= 4 is 17.6 Å². The highest BCUT2D eigenvalue weighted by Gasteiger charge is 2.18. The van der Waals surface area contributed by atoms with Crippen LogP contribution in [-0.2, 0) is 21.8 Å². The Kier molecular flexibility index (Phi) is 5.27. The van der Waals surface area contributed by atoms with Crippen molar-refractivity contribution in [2.75, 3.05) is 7.11 Å². The number of carbonyl (C=O) groups is 1. The molecule has 0 saturated carbocycles. The topological polar surface area (TPSA) is 35.5 Å². The number of carbonyl (C=O) groups excluding carboxylic acids is 1. The molecule has 1 rings (SSSR count). The highest BCUT2D eigenvalue weighted by molar-refractivity contribution is 6.17. The van der Waals surface area contributed by atoms with Crippen LogP contribution in [0.25, 0.3) is 0 Å². The van der Waals surface area contributed by atoms with E-state index in [0.717, 1.165) is 19.2 Å². The molecule has 0 aromatic heterocycles. The first-order valence-corrected chi connectivity index (χ1v) is 5.40. The molecule has 0 fully saturated rings. The van der Waals surface area contributed by atoms with Crippen LogP contribution in [0.3, 0.4) is 0 Å². The van der Waals surface area contributed by atoms with E-state index in [4.69, 9.17) is 11.6 Å². The second kappa shape index (κ2) is 6.49. The van der Waals surface area contributed by atoms with Gasteiger partial charge in [0.15, 0.2) is 0 Å². The lowest BCUT2D eigenvalue weighted by Gasteiger charge is -2.13. The van der Waals surface area contributed by atoms with Crippen LogP contribution < -0.4 is 4.74 Å². The first-order chi connectivity index (χ1) is 8.47. The Bertz CT molecular complexity index is 438. The van der Waals surface area contributed by atoms with Crippen LogP contribution in [0.15, 0.2) is 12.1 Å². The summed E-state index contributed by atoms with van der Waals surface area (Å²) in [5.74, 6) is -1.97. The van der Waals surface area contributed by atoms with Crippen LogP contribution in [0, 0.1) is 5.82 Å². The van der Waals surface area contributed by atoms with Crippen LogP contribution in [0.4, 0.5) is 13.2 Å². The van der Waals surface area contributed by atoms with Crippen molar-refractivity contribution in [1.29, 1.82) is 0 Å². The Morgan fingerprint density at radius 1 is 1.44 bits per heavy atom. The van der Waals surface area contributed by atoms with Gasteiger partial charge in [-0.05, 0) is 11.6 Å². The number of hydrogen-bond acceptors (Lipinski definition) is 3. The molecule has 0 unspecified atom stereocenters. The third kappa shape index (κ3) is 3.80. The molecule has 0 spiro atoms. The lowest BCUT2D eigenvalue weighted by molar-refractivity contribution is -0.139. The Balaban J connectivity index is 3.19. The van der Waals surface area contributed by atoms with Gasteiger partial charge in [0.2, 0.25) is 0 Å². The zero-order valence-corrected chi connectivity index (χ0v) is 10.1. The van der Waals surface area contributed by atoms with E-state index in [1.807, 2.05) is 0 Å². The minimum atomic E-state index is -3.12. The van der Waals surface area contributed by atoms with E-state index in [2.05, 4.69) is 9.47 Å². The molecule has 100 valence electrons. The van der Waals surface area contributed by atoms with E-state index in [1.165, 1.54) is 0 Å². The quantitative estimate of drug-likeness (QED) is 0.615. The smallest absolute Gasteiger partial charge is 0.387 e. The fraction of sp³-hybridized carbons (Fsp3) is 0.364. The van der Waals surface area contributed by atoms with Crippen LogP contribution in [0.2, 0.25) is 0 Å². The van der Waals surface area contributed by atoms with Crippen molar-refractivity contribution in [3.8, 4) is 5.75 Å². The first kappa shape index (κ1) is 14.6. The molecule has 1 aromatic rings. The van der Waals surface area contributed by atoms with Gasteiger partial charge in [-0.15, -0.1) is 11.6 Å². The second-order valence-electron chi connectivity index (χ2n) is 3.31. The molecule has 0 heterocycles. The lowest BCUT2D eigenvalue weighted by atomic mass is 10.0. The molecular weight excluding hydrogens is 273 g/mol. The minimum absolute atomic E-state index is 0.0959. The highest BCUT2D eigenvalue weighted by atomic mass is 35.5. The Hall–Kier alpha value is -1.43. The summed E-state index contributed by atoms with van der Waals surface area (Å²) in [5, 5.41) is 0. The average Bonchev–Trinajstić information content (AvgIpc) is 2.30. The molecule has 0 aliphatic carbocycles. The van der Waals surface area contributed by atoms with Gasteiger partial charge in [-0.1, -0.05) is 0 Å². The van der Waals surface area contributed by atoms with Crippen LogP contribution in [-0.4, -0.2) is 19.7 Å². The fourth-order valence-electron chi connectivity index (χ4n) is 1.40. The molecule has 7 heteroatoms. The van der Waals surface area contributed by atoms with Gasteiger partial charge < -0.3 is 9.47 Å². The van der Waals surface area contributed by atoms with Crippen molar-refractivity contribution in [3.63, 3.8) is 0 Å². The molecular formula is C11H10ClF3O3. The highest BCUT2D eigenvalue weighted by Crippen LogP contribution is 2.28. The molecule has 0 saturated heterocycles. The van der Waals surface area contributed by atoms with Crippen molar-refractivity contribution < 1.29 is 27.4 Å². The van der Waals surface area contributed by atoms with Crippen LogP contribution in [0.1, 0.15) is 11.1 Å². The Labute approximate surface area is 106 Å². The first-order valence-electron chi connectivity index (χ1n) is 4.86. The average molecular weight is 283 g/mol. The predicted molar refractivity (Wildman–Crippen MR) is 58.3 cm³/mol. The summed E-state index contributed by atoms with van der Waals surface area (Å²) in [5.41, 5.74) is 0.302. The van der Waals surface area contributed by atoms with Gasteiger partial charge in [0.1, 0.15) is 11.6 Å². The van der Waals surface area contributed by atoms with Gasteiger partial charge in [0.25, 0.3) is 0 Å². The second-order valence-corrected chi connectivity index (χ2v) is 3.57. The van der Waals surface area contributed by atoms with E-state index < -0.39 is 24.1 Å². The molecule has 0 N–H and O–H groups in total. The molecule has 0 bridgehead atoms. The monoisotopic (exact) mass is 282 g/mol. The van der Waals surface area contributed by atoms with E-state index >= 15 is 0 Å². The third-order valence-corrected chi connectivity index (χ3v) is 2.46. The van der Waals surface area contributed by atoms with Crippen LogP contribution >= 0.6 is 11.6 Å². The molecule has 0 radical (unpaired) electrons. The number of hydrogen-bond donors (Lipinski definition) is 0. The standard InChI is InChI=1S/C11H10ClF3O3/c1-17-10(16)4-8-6(5-12)2-7(13)3-9(8)18-11(14)15/h2-3,11H,4-5H2,1H3. The number of alkyl halides is 3. The third-order valence-electron chi connectivity index (χ3n) is 2.17. The summed E-state index contributed by atoms with van der Waals surface area (Å²) in [6, 6.07) is 1.84. The van der Waals surface area contributed by atoms with Crippen LogP contribution in [0.5, 0.6) is 5.75 Å². The normalized spacial score (nSPS) is 10.6. The van der Waals surface area contributed by atoms with Crippen molar-refractivity contribution in [1.82, 2.24) is 0 Å². The van der Waals surface area contributed by atoms with E-state index in [-0.39, 0.29) is 23.4 Å². The fourth-order valence-corrected chi connectivity index (χ4v) is 1.64. The molecule has 1 aromatic carbocycles. The van der Waals surface area contributed by atoms with E-state index in [9.17, 15) is 18.0 Å². The van der Waals surface area contributed by atoms with Gasteiger partial charge in [-0.2, -0.15) is 8.78 Å². The molecule has 0 aliphatic rings. The number of esters is 1. The molecule has 0 atom stereocenters. The van der Waals surface area contributed by atoms with Gasteiger partial charge >= 0.3 is 12.6 Å². The maximum atomic E-state index is 13.2. The maximum absolute atomic E-state index is 13.2. The Morgan fingerprint density at radius 3 is 2.61 bits per heavy atom. The van der Waals surface area contributed by atoms with Gasteiger partial charge in [0, 0.05) is 17.5 Å². The predicted octanol–water partition coefficient (Wildman–Crippen LogP) is 2.88. The van der Waals surface area contributed by atoms with Gasteiger partial charge in [0.05, 0.1) is 13.5 Å². The zero-order valence-electron chi connectivity index (χ0n) is 9.38. The zero-order chi connectivity index (χ0) is 13.7. The molecule has 0 amide bonds. The summed E-state index contributed by atoms with van der Waals surface area (Å²) < 4.78 is 46.2. The van der Waals surface area contributed by atoms with E-state index in [1.54, 1.807) is 0 Å². The summed E-state index contributed by atoms with van der Waals surface area (Å²) in [7, 11) is 1.15. The summed E-state index contributed by atoms with van der Waals surface area (Å²) in [4.78, 5) is 11.2. The Morgan fingerprint density at radius 2 is 2.11 bits per heavy atom. The number of benzene rings is 1. The molecule has 0 aliphatic heterocycles. The SMILES string of the molecule is COC(=O)Cc1c(CCl)cc(F)cc1OC(F)F. The molecule has 18 heavy (non-hydrogen) atoms. The van der Waals surface area contributed by atoms with Crippen molar-refractivity contribution in [2.24, 2.45) is 0 Å². The van der Waals surface area contributed by atoms with Crippen molar-refractivity contribution in [2.45, 2.75) is 18.9 Å². The largest absolute Gasteiger partial charge is 0.469 e. The molecule has 3 nitrogen and oxygen atoms in total. The maximum Gasteiger partial charge on any atom is 0.387 e. The van der Waals surface area contributed by atoms with Gasteiger partial charge in [-0.25, -0.2) is 4.39 Å². The van der Waals surface area contributed by atoms with Crippen molar-refractivity contribution in [3.05, 3.63) is 29.1 Å².